The third kappa shape index (κ3) is 2.64. The molecule has 0 aromatic heterocycles. The largest absolute Gasteiger partial charge is 0.310 e. The molecule has 1 N–H and O–H groups in total. The minimum atomic E-state index is 0.338. The van der Waals surface area contributed by atoms with Gasteiger partial charge in [-0.3, -0.25) is 0 Å². The summed E-state index contributed by atoms with van der Waals surface area (Å²) in [7, 11) is 0. The topological polar surface area (TPSA) is 12.0 Å². The van der Waals surface area contributed by atoms with Crippen LogP contribution in [0.25, 0.3) is 0 Å². The highest BCUT2D eigenvalue weighted by atomic mass is 35.5. The Bertz CT molecular complexity index is 121. The minimum absolute atomic E-state index is 0.338. The molecule has 0 radical (unpaired) electrons. The van der Waals surface area contributed by atoms with Crippen LogP contribution < -0.4 is 5.32 Å². The molecule has 2 heteroatoms. The Morgan fingerprint density at radius 3 is 2.55 bits per heavy atom. The Labute approximate surface area is 74.5 Å². The van der Waals surface area contributed by atoms with Crippen molar-refractivity contribution in [2.24, 2.45) is 5.92 Å². The first-order valence-electron chi connectivity index (χ1n) is 4.53. The van der Waals surface area contributed by atoms with Crippen molar-refractivity contribution in [2.45, 2.75) is 38.6 Å². The van der Waals surface area contributed by atoms with Crippen LogP contribution >= 0.6 is 11.6 Å². The lowest BCUT2D eigenvalue weighted by molar-refractivity contribution is 0.446. The van der Waals surface area contributed by atoms with E-state index in [1.54, 1.807) is 0 Å². The van der Waals surface area contributed by atoms with E-state index >= 15 is 0 Å². The molecule has 1 rings (SSSR count). The summed E-state index contributed by atoms with van der Waals surface area (Å²) < 4.78 is 0. The molecule has 66 valence electrons. The Hall–Kier alpha value is 0.250. The van der Waals surface area contributed by atoms with Crippen molar-refractivity contribution in [2.75, 3.05) is 12.4 Å². The van der Waals surface area contributed by atoms with E-state index in [1.807, 2.05) is 0 Å². The van der Waals surface area contributed by atoms with Gasteiger partial charge in [0.15, 0.2) is 0 Å². The third-order valence-corrected chi connectivity index (χ3v) is 3.14. The van der Waals surface area contributed by atoms with Crippen LogP contribution in [-0.2, 0) is 0 Å². The number of nitrogens with one attached hydrogen (secondary N) is 1. The molecule has 1 nitrogen and oxygen atoms in total. The predicted molar refractivity (Wildman–Crippen MR) is 50.1 cm³/mol. The molecule has 1 fully saturated rings. The van der Waals surface area contributed by atoms with Crippen LogP contribution in [-0.4, -0.2) is 18.0 Å². The van der Waals surface area contributed by atoms with Crippen LogP contribution in [0.15, 0.2) is 0 Å². The molecule has 1 unspecified atom stereocenters. The summed E-state index contributed by atoms with van der Waals surface area (Å²) in [5.41, 5.74) is 0.338. The number of halogens is 1. The smallest absolute Gasteiger partial charge is 0.0406 e. The zero-order valence-electron chi connectivity index (χ0n) is 7.49. The molecule has 0 aromatic rings. The van der Waals surface area contributed by atoms with Crippen LogP contribution in [0.1, 0.15) is 33.1 Å². The van der Waals surface area contributed by atoms with E-state index in [2.05, 4.69) is 19.2 Å². The molecule has 0 heterocycles. The lowest BCUT2D eigenvalue weighted by Gasteiger charge is -2.16. The quantitative estimate of drug-likeness (QED) is 0.633. The van der Waals surface area contributed by atoms with Crippen LogP contribution in [0.3, 0.4) is 0 Å². The molecule has 1 atom stereocenters. The maximum Gasteiger partial charge on any atom is 0.0406 e. The molecule has 0 saturated heterocycles. The summed E-state index contributed by atoms with van der Waals surface area (Å²) >= 11 is 5.82. The summed E-state index contributed by atoms with van der Waals surface area (Å²) in [6.07, 6.45) is 3.80. The number of alkyl halides is 1. The fourth-order valence-corrected chi connectivity index (χ4v) is 1.41. The van der Waals surface area contributed by atoms with Gasteiger partial charge in [0.05, 0.1) is 0 Å². The zero-order valence-corrected chi connectivity index (χ0v) is 8.25. The standard InChI is InChI=1S/C9H18ClN/c1-3-8(2)6-11-9(7-10)4-5-9/h8,11H,3-7H2,1-2H3. The highest BCUT2D eigenvalue weighted by Crippen LogP contribution is 2.36. The molecular weight excluding hydrogens is 158 g/mol. The Balaban J connectivity index is 2.11. The van der Waals surface area contributed by atoms with Crippen molar-refractivity contribution in [3.63, 3.8) is 0 Å². The van der Waals surface area contributed by atoms with Gasteiger partial charge in [0.25, 0.3) is 0 Å². The summed E-state index contributed by atoms with van der Waals surface area (Å²) in [5, 5.41) is 3.54. The molecule has 0 amide bonds. The number of hydrogen-bond donors (Lipinski definition) is 1. The average molecular weight is 176 g/mol. The van der Waals surface area contributed by atoms with Gasteiger partial charge in [0.1, 0.15) is 0 Å². The van der Waals surface area contributed by atoms with Gasteiger partial charge in [-0.1, -0.05) is 20.3 Å². The van der Waals surface area contributed by atoms with Crippen LogP contribution in [0.5, 0.6) is 0 Å². The maximum absolute atomic E-state index is 5.82. The lowest BCUT2D eigenvalue weighted by Crippen LogP contribution is -2.36. The van der Waals surface area contributed by atoms with Crippen molar-refractivity contribution in [1.29, 1.82) is 0 Å². The van der Waals surface area contributed by atoms with E-state index in [0.29, 0.717) is 5.54 Å². The van der Waals surface area contributed by atoms with Crippen molar-refractivity contribution in [3.8, 4) is 0 Å². The van der Waals surface area contributed by atoms with Crippen LogP contribution in [0.4, 0.5) is 0 Å². The first-order valence-corrected chi connectivity index (χ1v) is 5.07. The fourth-order valence-electron chi connectivity index (χ4n) is 1.04. The van der Waals surface area contributed by atoms with E-state index in [9.17, 15) is 0 Å². The molecule has 0 bridgehead atoms. The van der Waals surface area contributed by atoms with Crippen molar-refractivity contribution < 1.29 is 0 Å². The molecule has 1 aliphatic rings. The number of hydrogen-bond acceptors (Lipinski definition) is 1. The van der Waals surface area contributed by atoms with Gasteiger partial charge < -0.3 is 5.32 Å². The summed E-state index contributed by atoms with van der Waals surface area (Å²) in [5.74, 6) is 1.57. The van der Waals surface area contributed by atoms with E-state index in [4.69, 9.17) is 11.6 Å². The first-order chi connectivity index (χ1) is 5.22. The highest BCUT2D eigenvalue weighted by Gasteiger charge is 2.41. The Morgan fingerprint density at radius 2 is 2.18 bits per heavy atom. The van der Waals surface area contributed by atoms with Gasteiger partial charge in [-0.25, -0.2) is 0 Å². The first kappa shape index (κ1) is 9.34. The van der Waals surface area contributed by atoms with Gasteiger partial charge in [0, 0.05) is 11.4 Å². The molecule has 11 heavy (non-hydrogen) atoms. The third-order valence-electron chi connectivity index (χ3n) is 2.63. The van der Waals surface area contributed by atoms with Crippen LogP contribution in [0, 0.1) is 5.92 Å². The lowest BCUT2D eigenvalue weighted by atomic mass is 10.1. The molecule has 1 saturated carbocycles. The van der Waals surface area contributed by atoms with E-state index in [0.717, 1.165) is 18.3 Å². The minimum Gasteiger partial charge on any atom is -0.310 e. The molecule has 0 aliphatic heterocycles. The molecule has 1 aliphatic carbocycles. The maximum atomic E-state index is 5.82. The van der Waals surface area contributed by atoms with E-state index < -0.39 is 0 Å². The van der Waals surface area contributed by atoms with E-state index in [1.165, 1.54) is 19.3 Å². The Kier molecular flexibility index (Phi) is 3.20. The molecule has 0 aromatic carbocycles. The second-order valence-electron chi connectivity index (χ2n) is 3.81. The van der Waals surface area contributed by atoms with Crippen molar-refractivity contribution in [3.05, 3.63) is 0 Å². The van der Waals surface area contributed by atoms with Crippen LogP contribution in [0.2, 0.25) is 0 Å². The molecule has 0 spiro atoms. The summed E-state index contributed by atoms with van der Waals surface area (Å²) in [6.45, 7) is 5.63. The Morgan fingerprint density at radius 1 is 1.55 bits per heavy atom. The monoisotopic (exact) mass is 175 g/mol. The molecular formula is C9H18ClN. The predicted octanol–water partition coefficient (Wildman–Crippen LogP) is 2.39. The summed E-state index contributed by atoms with van der Waals surface area (Å²) in [6, 6.07) is 0. The highest BCUT2D eigenvalue weighted by molar-refractivity contribution is 6.18. The van der Waals surface area contributed by atoms with Crippen molar-refractivity contribution in [1.82, 2.24) is 5.32 Å². The van der Waals surface area contributed by atoms with Crippen molar-refractivity contribution >= 4 is 11.6 Å². The fraction of sp³-hybridized carbons (Fsp3) is 1.00. The van der Waals surface area contributed by atoms with Gasteiger partial charge in [-0.15, -0.1) is 11.6 Å². The van der Waals surface area contributed by atoms with E-state index in [-0.39, 0.29) is 0 Å². The summed E-state index contributed by atoms with van der Waals surface area (Å²) in [4.78, 5) is 0. The van der Waals surface area contributed by atoms with Gasteiger partial charge in [-0.2, -0.15) is 0 Å². The zero-order chi connectivity index (χ0) is 8.32. The number of rotatable bonds is 5. The average Bonchev–Trinajstić information content (AvgIpc) is 2.81. The SMILES string of the molecule is CCC(C)CNC1(CCl)CC1. The normalized spacial score (nSPS) is 23.2. The van der Waals surface area contributed by atoms with Gasteiger partial charge in [0.2, 0.25) is 0 Å². The van der Waals surface area contributed by atoms with Gasteiger partial charge >= 0.3 is 0 Å². The second kappa shape index (κ2) is 3.77. The second-order valence-corrected chi connectivity index (χ2v) is 4.08. The van der Waals surface area contributed by atoms with Gasteiger partial charge in [-0.05, 0) is 25.3 Å².